The van der Waals surface area contributed by atoms with Crippen molar-refractivity contribution in [3.8, 4) is 5.75 Å². The molecule has 3 nitrogen and oxygen atoms in total. The van der Waals surface area contributed by atoms with Crippen LogP contribution in [0.25, 0.3) is 0 Å². The second kappa shape index (κ2) is 8.02. The first-order valence-corrected chi connectivity index (χ1v) is 8.61. The highest BCUT2D eigenvalue weighted by Crippen LogP contribution is 2.24. The molecule has 0 radical (unpaired) electrons. The Hall–Kier alpha value is -2.01. The standard InChI is InChI=1S/C18H20FNO2S/c1-4-13-5-8-17(12(2)9-13)22-11-14-10-15(19)6-7-16(14)20-18(21)23-3/h5-10H,4,11H2,1-3H3,(H,20,21). The van der Waals surface area contributed by atoms with Crippen LogP contribution >= 0.6 is 11.8 Å². The number of hydrogen-bond donors (Lipinski definition) is 1. The molecule has 0 aromatic heterocycles. The van der Waals surface area contributed by atoms with Crippen molar-refractivity contribution in [1.29, 1.82) is 0 Å². The van der Waals surface area contributed by atoms with E-state index >= 15 is 0 Å². The molecule has 1 N–H and O–H groups in total. The van der Waals surface area contributed by atoms with Gasteiger partial charge in [-0.15, -0.1) is 0 Å². The Morgan fingerprint density at radius 3 is 2.70 bits per heavy atom. The van der Waals surface area contributed by atoms with Gasteiger partial charge in [0, 0.05) is 11.3 Å². The Bertz CT molecular complexity index is 703. The van der Waals surface area contributed by atoms with Crippen LogP contribution in [0, 0.1) is 12.7 Å². The van der Waals surface area contributed by atoms with E-state index in [1.165, 1.54) is 17.7 Å². The first-order valence-electron chi connectivity index (χ1n) is 7.39. The molecule has 2 rings (SSSR count). The zero-order chi connectivity index (χ0) is 16.8. The van der Waals surface area contributed by atoms with Gasteiger partial charge in [0.15, 0.2) is 0 Å². The molecule has 0 bridgehead atoms. The van der Waals surface area contributed by atoms with Gasteiger partial charge in [-0.1, -0.05) is 30.8 Å². The van der Waals surface area contributed by atoms with Crippen LogP contribution in [0.5, 0.6) is 5.75 Å². The normalized spacial score (nSPS) is 10.4. The average molecular weight is 333 g/mol. The minimum atomic E-state index is -0.358. The molecule has 0 fully saturated rings. The molecule has 5 heteroatoms. The molecular weight excluding hydrogens is 313 g/mol. The van der Waals surface area contributed by atoms with Gasteiger partial charge in [-0.3, -0.25) is 4.79 Å². The molecule has 0 saturated carbocycles. The number of halogens is 1. The highest BCUT2D eigenvalue weighted by Gasteiger charge is 2.09. The zero-order valence-electron chi connectivity index (χ0n) is 13.5. The lowest BCUT2D eigenvalue weighted by atomic mass is 10.1. The highest BCUT2D eigenvalue weighted by atomic mass is 32.2. The smallest absolute Gasteiger partial charge is 0.283 e. The van der Waals surface area contributed by atoms with Crippen LogP contribution in [0.1, 0.15) is 23.6 Å². The minimum absolute atomic E-state index is 0.189. The summed E-state index contributed by atoms with van der Waals surface area (Å²) in [5, 5.41) is 2.54. The number of thioether (sulfide) groups is 1. The van der Waals surface area contributed by atoms with Crippen molar-refractivity contribution in [3.63, 3.8) is 0 Å². The SMILES string of the molecule is CCc1ccc(OCc2cc(F)ccc2NC(=O)SC)c(C)c1. The molecule has 0 heterocycles. The van der Waals surface area contributed by atoms with Crippen LogP contribution in [0.15, 0.2) is 36.4 Å². The fourth-order valence-corrected chi connectivity index (χ4v) is 2.43. The van der Waals surface area contributed by atoms with Crippen LogP contribution in [0.4, 0.5) is 14.9 Å². The molecule has 23 heavy (non-hydrogen) atoms. The van der Waals surface area contributed by atoms with E-state index in [-0.39, 0.29) is 17.7 Å². The van der Waals surface area contributed by atoms with Gasteiger partial charge in [-0.05, 0) is 55.0 Å². The number of amides is 1. The van der Waals surface area contributed by atoms with Gasteiger partial charge in [-0.25, -0.2) is 4.39 Å². The molecule has 122 valence electrons. The van der Waals surface area contributed by atoms with Crippen molar-refractivity contribution >= 4 is 22.7 Å². The number of benzene rings is 2. The van der Waals surface area contributed by atoms with Gasteiger partial charge in [0.25, 0.3) is 5.24 Å². The minimum Gasteiger partial charge on any atom is -0.489 e. The van der Waals surface area contributed by atoms with E-state index in [0.717, 1.165) is 29.5 Å². The van der Waals surface area contributed by atoms with Gasteiger partial charge in [0.05, 0.1) is 0 Å². The molecule has 0 saturated heterocycles. The molecule has 1 amide bonds. The fraction of sp³-hybridized carbons (Fsp3) is 0.278. The van der Waals surface area contributed by atoms with Crippen LogP contribution in [-0.2, 0) is 13.0 Å². The maximum atomic E-state index is 13.5. The fourth-order valence-electron chi connectivity index (χ4n) is 2.21. The molecule has 0 atom stereocenters. The maximum absolute atomic E-state index is 13.5. The summed E-state index contributed by atoms with van der Waals surface area (Å²) in [6.45, 7) is 4.27. The first kappa shape index (κ1) is 17.3. The van der Waals surface area contributed by atoms with Crippen molar-refractivity contribution in [1.82, 2.24) is 0 Å². The molecule has 0 aliphatic rings. The van der Waals surface area contributed by atoms with E-state index in [1.54, 1.807) is 12.3 Å². The number of nitrogens with one attached hydrogen (secondary N) is 1. The summed E-state index contributed by atoms with van der Waals surface area (Å²) in [5.74, 6) is 0.400. The topological polar surface area (TPSA) is 38.3 Å². The van der Waals surface area contributed by atoms with Gasteiger partial charge in [0.1, 0.15) is 18.2 Å². The van der Waals surface area contributed by atoms with Crippen molar-refractivity contribution in [2.24, 2.45) is 0 Å². The monoisotopic (exact) mass is 333 g/mol. The number of anilines is 1. The van der Waals surface area contributed by atoms with E-state index in [4.69, 9.17) is 4.74 Å². The summed E-state index contributed by atoms with van der Waals surface area (Å²) in [6, 6.07) is 10.3. The summed E-state index contributed by atoms with van der Waals surface area (Å²) < 4.78 is 19.3. The lowest BCUT2D eigenvalue weighted by Crippen LogP contribution is -2.08. The van der Waals surface area contributed by atoms with Crippen LogP contribution in [0.2, 0.25) is 0 Å². The van der Waals surface area contributed by atoms with E-state index in [0.29, 0.717) is 11.3 Å². The van der Waals surface area contributed by atoms with E-state index in [9.17, 15) is 9.18 Å². The Labute approximate surface area is 140 Å². The summed E-state index contributed by atoms with van der Waals surface area (Å²) in [5.41, 5.74) is 3.45. The van der Waals surface area contributed by atoms with Crippen molar-refractivity contribution < 1.29 is 13.9 Å². The number of carbonyl (C=O) groups is 1. The van der Waals surface area contributed by atoms with Gasteiger partial charge >= 0.3 is 0 Å². The number of ether oxygens (including phenoxy) is 1. The molecule has 0 spiro atoms. The second-order valence-electron chi connectivity index (χ2n) is 5.16. The Morgan fingerprint density at radius 1 is 1.26 bits per heavy atom. The second-order valence-corrected chi connectivity index (χ2v) is 5.94. The third-order valence-electron chi connectivity index (χ3n) is 3.52. The molecule has 0 aliphatic heterocycles. The zero-order valence-corrected chi connectivity index (χ0v) is 14.3. The van der Waals surface area contributed by atoms with Crippen molar-refractivity contribution in [2.75, 3.05) is 11.6 Å². The number of carbonyl (C=O) groups excluding carboxylic acids is 1. The number of aryl methyl sites for hydroxylation is 2. The highest BCUT2D eigenvalue weighted by molar-refractivity contribution is 8.13. The van der Waals surface area contributed by atoms with E-state index in [1.807, 2.05) is 19.1 Å². The largest absolute Gasteiger partial charge is 0.489 e. The van der Waals surface area contributed by atoms with E-state index < -0.39 is 0 Å². The lowest BCUT2D eigenvalue weighted by molar-refractivity contribution is 0.269. The Morgan fingerprint density at radius 2 is 2.04 bits per heavy atom. The first-order chi connectivity index (χ1) is 11.0. The molecule has 2 aromatic rings. The van der Waals surface area contributed by atoms with Crippen molar-refractivity contribution in [2.45, 2.75) is 26.9 Å². The predicted octanol–water partition coefficient (Wildman–Crippen LogP) is 5.17. The molecule has 2 aromatic carbocycles. The van der Waals surface area contributed by atoms with Gasteiger partial charge in [-0.2, -0.15) is 0 Å². The van der Waals surface area contributed by atoms with E-state index in [2.05, 4.69) is 18.3 Å². The lowest BCUT2D eigenvalue weighted by Gasteiger charge is -2.14. The van der Waals surface area contributed by atoms with Crippen LogP contribution in [-0.4, -0.2) is 11.5 Å². The van der Waals surface area contributed by atoms with Gasteiger partial charge < -0.3 is 10.1 Å². The van der Waals surface area contributed by atoms with Gasteiger partial charge in [0.2, 0.25) is 0 Å². The molecule has 0 unspecified atom stereocenters. The summed E-state index contributed by atoms with van der Waals surface area (Å²) in [7, 11) is 0. The number of rotatable bonds is 5. The Kier molecular flexibility index (Phi) is 6.04. The van der Waals surface area contributed by atoms with Crippen LogP contribution < -0.4 is 10.1 Å². The van der Waals surface area contributed by atoms with Crippen LogP contribution in [0.3, 0.4) is 0 Å². The average Bonchev–Trinajstić information content (AvgIpc) is 2.55. The Balaban J connectivity index is 2.16. The third-order valence-corrected chi connectivity index (χ3v) is 3.99. The summed E-state index contributed by atoms with van der Waals surface area (Å²) in [6.07, 6.45) is 2.66. The molecular formula is C18H20FNO2S. The third kappa shape index (κ3) is 4.73. The maximum Gasteiger partial charge on any atom is 0.283 e. The number of hydrogen-bond acceptors (Lipinski definition) is 3. The predicted molar refractivity (Wildman–Crippen MR) is 93.8 cm³/mol. The molecule has 0 aliphatic carbocycles. The summed E-state index contributed by atoms with van der Waals surface area (Å²) >= 11 is 1.07. The van der Waals surface area contributed by atoms with Crippen molar-refractivity contribution in [3.05, 3.63) is 58.9 Å². The summed E-state index contributed by atoms with van der Waals surface area (Å²) in [4.78, 5) is 11.5. The quantitative estimate of drug-likeness (QED) is 0.820.